The van der Waals surface area contributed by atoms with Gasteiger partial charge in [-0.05, 0) is 24.2 Å². The predicted molar refractivity (Wildman–Crippen MR) is 81.6 cm³/mol. The molecule has 0 bridgehead atoms. The van der Waals surface area contributed by atoms with Crippen molar-refractivity contribution in [2.24, 2.45) is 16.3 Å². The molecule has 0 aromatic rings. The molecule has 0 aromatic heterocycles. The maximum atomic E-state index is 4.75. The molecular weight excluding hydrogens is 313 g/mol. The Bertz CT molecular complexity index is 233. The Kier molecular flexibility index (Phi) is 6.07. The van der Waals surface area contributed by atoms with Crippen molar-refractivity contribution in [2.45, 2.75) is 26.7 Å². The van der Waals surface area contributed by atoms with Gasteiger partial charge in [0, 0.05) is 34.7 Å². The van der Waals surface area contributed by atoms with Crippen molar-refractivity contribution < 1.29 is 0 Å². The number of nitrogens with zero attached hydrogens (tertiary/aromatic N) is 3. The van der Waals surface area contributed by atoms with E-state index in [0.29, 0.717) is 5.41 Å². The molecular formula is C12H26IN3. The van der Waals surface area contributed by atoms with Crippen molar-refractivity contribution in [3.05, 3.63) is 0 Å². The van der Waals surface area contributed by atoms with E-state index in [9.17, 15) is 0 Å². The highest BCUT2D eigenvalue weighted by Gasteiger charge is 2.45. The Hall–Kier alpha value is 0. The van der Waals surface area contributed by atoms with Crippen LogP contribution in [0.4, 0.5) is 0 Å². The van der Waals surface area contributed by atoms with E-state index in [1.807, 2.05) is 28.2 Å². The number of halogens is 1. The standard InChI is InChI=1S/C12H25N3.HI/c1-10(2)12(7-8-12)9-13-11(14(3)4)15(5)6;/h10H,7-9H2,1-6H3;1H. The lowest BCUT2D eigenvalue weighted by molar-refractivity contribution is 0.364. The third kappa shape index (κ3) is 3.79. The van der Waals surface area contributed by atoms with Crippen molar-refractivity contribution in [1.82, 2.24) is 9.80 Å². The van der Waals surface area contributed by atoms with Gasteiger partial charge in [-0.25, -0.2) is 0 Å². The van der Waals surface area contributed by atoms with Crippen molar-refractivity contribution in [1.29, 1.82) is 0 Å². The highest BCUT2D eigenvalue weighted by atomic mass is 127. The zero-order chi connectivity index (χ0) is 11.6. The van der Waals surface area contributed by atoms with Gasteiger partial charge in [0.2, 0.25) is 0 Å². The lowest BCUT2D eigenvalue weighted by Gasteiger charge is -2.24. The molecule has 3 nitrogen and oxygen atoms in total. The molecule has 0 atom stereocenters. The molecule has 0 spiro atoms. The zero-order valence-electron chi connectivity index (χ0n) is 11.4. The summed E-state index contributed by atoms with van der Waals surface area (Å²) < 4.78 is 0. The Labute approximate surface area is 117 Å². The monoisotopic (exact) mass is 339 g/mol. The molecule has 1 rings (SSSR count). The molecule has 0 N–H and O–H groups in total. The van der Waals surface area contributed by atoms with E-state index in [1.54, 1.807) is 0 Å². The van der Waals surface area contributed by atoms with Gasteiger partial charge in [-0.15, -0.1) is 24.0 Å². The third-order valence-electron chi connectivity index (χ3n) is 3.45. The van der Waals surface area contributed by atoms with E-state index in [4.69, 9.17) is 4.99 Å². The molecule has 1 aliphatic carbocycles. The van der Waals surface area contributed by atoms with E-state index in [1.165, 1.54) is 12.8 Å². The number of hydrogen-bond acceptors (Lipinski definition) is 1. The molecule has 1 fully saturated rings. The first-order valence-electron chi connectivity index (χ1n) is 5.78. The first-order chi connectivity index (χ1) is 6.89. The average molecular weight is 339 g/mol. The van der Waals surface area contributed by atoms with Crippen LogP contribution in [0.1, 0.15) is 26.7 Å². The first kappa shape index (κ1) is 16.0. The molecule has 0 saturated heterocycles. The van der Waals surface area contributed by atoms with Gasteiger partial charge in [-0.3, -0.25) is 4.99 Å². The van der Waals surface area contributed by atoms with E-state index in [2.05, 4.69) is 23.6 Å². The van der Waals surface area contributed by atoms with E-state index in [0.717, 1.165) is 18.4 Å². The van der Waals surface area contributed by atoms with Gasteiger partial charge >= 0.3 is 0 Å². The molecule has 16 heavy (non-hydrogen) atoms. The fourth-order valence-corrected chi connectivity index (χ4v) is 1.99. The fraction of sp³-hybridized carbons (Fsp3) is 0.917. The highest BCUT2D eigenvalue weighted by Crippen LogP contribution is 2.52. The van der Waals surface area contributed by atoms with E-state index in [-0.39, 0.29) is 24.0 Å². The van der Waals surface area contributed by atoms with Crippen LogP contribution in [0.5, 0.6) is 0 Å². The Morgan fingerprint density at radius 1 is 1.12 bits per heavy atom. The van der Waals surface area contributed by atoms with E-state index < -0.39 is 0 Å². The van der Waals surface area contributed by atoms with Crippen LogP contribution in [-0.2, 0) is 0 Å². The summed E-state index contributed by atoms with van der Waals surface area (Å²) >= 11 is 0. The van der Waals surface area contributed by atoms with E-state index >= 15 is 0 Å². The summed E-state index contributed by atoms with van der Waals surface area (Å²) in [6.45, 7) is 5.61. The summed E-state index contributed by atoms with van der Waals surface area (Å²) in [4.78, 5) is 8.91. The molecule has 0 radical (unpaired) electrons. The smallest absolute Gasteiger partial charge is 0.195 e. The molecule has 0 aliphatic heterocycles. The van der Waals surface area contributed by atoms with Crippen LogP contribution >= 0.6 is 24.0 Å². The summed E-state index contributed by atoms with van der Waals surface area (Å²) in [5, 5.41) is 0. The summed E-state index contributed by atoms with van der Waals surface area (Å²) in [5.41, 5.74) is 0.511. The van der Waals surface area contributed by atoms with Gasteiger partial charge in [0.1, 0.15) is 0 Å². The number of aliphatic imine (C=N–C) groups is 1. The summed E-state index contributed by atoms with van der Waals surface area (Å²) in [6.07, 6.45) is 2.70. The second-order valence-electron chi connectivity index (χ2n) is 5.42. The van der Waals surface area contributed by atoms with Gasteiger partial charge in [-0.1, -0.05) is 13.8 Å². The fourth-order valence-electron chi connectivity index (χ4n) is 1.99. The Morgan fingerprint density at radius 2 is 1.56 bits per heavy atom. The van der Waals surface area contributed by atoms with Crippen molar-refractivity contribution in [2.75, 3.05) is 34.7 Å². The quantitative estimate of drug-likeness (QED) is 0.447. The van der Waals surface area contributed by atoms with Crippen LogP contribution in [0.2, 0.25) is 0 Å². The zero-order valence-corrected chi connectivity index (χ0v) is 13.8. The average Bonchev–Trinajstić information content (AvgIpc) is 2.84. The topological polar surface area (TPSA) is 18.8 Å². The minimum Gasteiger partial charge on any atom is -0.349 e. The van der Waals surface area contributed by atoms with Crippen LogP contribution in [0.15, 0.2) is 4.99 Å². The van der Waals surface area contributed by atoms with Crippen molar-refractivity contribution >= 4 is 29.9 Å². The van der Waals surface area contributed by atoms with Gasteiger partial charge < -0.3 is 9.80 Å². The Balaban J connectivity index is 0.00000225. The Morgan fingerprint density at radius 3 is 1.81 bits per heavy atom. The molecule has 1 aliphatic rings. The summed E-state index contributed by atoms with van der Waals surface area (Å²) in [6, 6.07) is 0. The van der Waals surface area contributed by atoms with Gasteiger partial charge in [0.25, 0.3) is 0 Å². The molecule has 4 heteroatoms. The molecule has 0 heterocycles. The molecule has 0 aromatic carbocycles. The normalized spacial score (nSPS) is 16.4. The number of guanidine groups is 1. The predicted octanol–water partition coefficient (Wildman–Crippen LogP) is 2.52. The third-order valence-corrected chi connectivity index (χ3v) is 3.45. The van der Waals surface area contributed by atoms with Crippen LogP contribution < -0.4 is 0 Å². The molecule has 1 saturated carbocycles. The van der Waals surface area contributed by atoms with Crippen molar-refractivity contribution in [3.8, 4) is 0 Å². The van der Waals surface area contributed by atoms with Crippen LogP contribution in [0.25, 0.3) is 0 Å². The number of hydrogen-bond donors (Lipinski definition) is 0. The van der Waals surface area contributed by atoms with Crippen LogP contribution in [-0.4, -0.2) is 50.5 Å². The van der Waals surface area contributed by atoms with Gasteiger partial charge in [-0.2, -0.15) is 0 Å². The lowest BCUT2D eigenvalue weighted by atomic mass is 9.93. The maximum absolute atomic E-state index is 4.75. The van der Waals surface area contributed by atoms with Gasteiger partial charge in [0.15, 0.2) is 5.96 Å². The summed E-state index contributed by atoms with van der Waals surface area (Å²) in [7, 11) is 8.20. The minimum atomic E-state index is 0. The lowest BCUT2D eigenvalue weighted by Crippen LogP contribution is -2.36. The highest BCUT2D eigenvalue weighted by molar-refractivity contribution is 14.0. The SMILES string of the molecule is CC(C)C1(CN=C(N(C)C)N(C)C)CC1.I. The molecule has 96 valence electrons. The van der Waals surface area contributed by atoms with Gasteiger partial charge in [0.05, 0.1) is 0 Å². The van der Waals surface area contributed by atoms with Crippen LogP contribution in [0, 0.1) is 11.3 Å². The molecule has 0 amide bonds. The maximum Gasteiger partial charge on any atom is 0.195 e. The molecule has 0 unspecified atom stereocenters. The second-order valence-corrected chi connectivity index (χ2v) is 5.42. The van der Waals surface area contributed by atoms with Crippen LogP contribution in [0.3, 0.4) is 0 Å². The second kappa shape index (κ2) is 6.07. The number of rotatable bonds is 3. The largest absolute Gasteiger partial charge is 0.349 e. The van der Waals surface area contributed by atoms with Crippen molar-refractivity contribution in [3.63, 3.8) is 0 Å². The minimum absolute atomic E-state index is 0. The summed E-state index contributed by atoms with van der Waals surface area (Å²) in [5.74, 6) is 1.83. The first-order valence-corrected chi connectivity index (χ1v) is 5.78.